The summed E-state index contributed by atoms with van der Waals surface area (Å²) in [5.41, 5.74) is 6.86. The molecule has 26 heavy (non-hydrogen) atoms. The summed E-state index contributed by atoms with van der Waals surface area (Å²) in [6.45, 7) is 4.69. The third kappa shape index (κ3) is 4.21. The Hall–Kier alpha value is -1.58. The van der Waals surface area contributed by atoms with Crippen LogP contribution in [0.4, 0.5) is 5.82 Å². The normalized spacial score (nSPS) is 15.8. The number of aromatic nitrogens is 4. The van der Waals surface area contributed by atoms with Crippen LogP contribution < -0.4 is 10.6 Å². The average Bonchev–Trinajstić information content (AvgIpc) is 2.99. The summed E-state index contributed by atoms with van der Waals surface area (Å²) in [5.74, 6) is 2.59. The van der Waals surface area contributed by atoms with Crippen LogP contribution >= 0.6 is 24.2 Å². The Morgan fingerprint density at radius 2 is 2.00 bits per heavy atom. The molecule has 1 aliphatic heterocycles. The number of fused-ring (bicyclic) bond motifs is 1. The van der Waals surface area contributed by atoms with Crippen LogP contribution in [0.5, 0.6) is 0 Å². The Morgan fingerprint density at radius 3 is 2.65 bits per heavy atom. The molecule has 0 aliphatic carbocycles. The number of nitrogens with zero attached hydrogens (tertiary/aromatic N) is 6. The smallest absolute Gasteiger partial charge is 0.239 e. The maximum Gasteiger partial charge on any atom is 0.239 e. The lowest BCUT2D eigenvalue weighted by Gasteiger charge is -2.36. The molecule has 1 amide bonds. The molecule has 10 heteroatoms. The number of aryl methyl sites for hydroxylation is 2. The summed E-state index contributed by atoms with van der Waals surface area (Å²) in [4.78, 5) is 25.6. The Balaban J connectivity index is 0.00000243. The molecule has 1 fully saturated rings. The third-order valence-electron chi connectivity index (χ3n) is 4.52. The van der Waals surface area contributed by atoms with Gasteiger partial charge in [0.15, 0.2) is 5.65 Å². The number of nitrogens with two attached hydrogens (primary N) is 1. The number of hydrogen-bond donors (Lipinski definition) is 1. The number of thioether (sulfide) groups is 1. The molecule has 2 N–H and O–H groups in total. The average molecular weight is 400 g/mol. The second-order valence-corrected chi connectivity index (χ2v) is 7.29. The van der Waals surface area contributed by atoms with Crippen LogP contribution in [0.1, 0.15) is 12.2 Å². The van der Waals surface area contributed by atoms with Gasteiger partial charge in [-0.1, -0.05) is 0 Å². The summed E-state index contributed by atoms with van der Waals surface area (Å²) in [6.07, 6.45) is 4.56. The molecule has 2 aromatic rings. The van der Waals surface area contributed by atoms with Crippen molar-refractivity contribution in [2.75, 3.05) is 43.1 Å². The summed E-state index contributed by atoms with van der Waals surface area (Å²) in [5, 5.41) is 5.24. The maximum absolute atomic E-state index is 12.5. The van der Waals surface area contributed by atoms with Gasteiger partial charge in [-0.2, -0.15) is 16.9 Å². The van der Waals surface area contributed by atoms with Gasteiger partial charge >= 0.3 is 0 Å². The van der Waals surface area contributed by atoms with E-state index in [1.54, 1.807) is 22.6 Å². The molecule has 0 radical (unpaired) electrons. The molecular weight excluding hydrogens is 374 g/mol. The van der Waals surface area contributed by atoms with Crippen LogP contribution in [-0.4, -0.2) is 74.8 Å². The van der Waals surface area contributed by atoms with E-state index in [1.165, 1.54) is 0 Å². The lowest BCUT2D eigenvalue weighted by molar-refractivity contribution is -0.132. The lowest BCUT2D eigenvalue weighted by atomic mass is 10.2. The van der Waals surface area contributed by atoms with E-state index in [1.807, 2.05) is 25.1 Å². The fraction of sp³-hybridized carbons (Fsp3) is 0.625. The fourth-order valence-electron chi connectivity index (χ4n) is 3.10. The Labute approximate surface area is 163 Å². The van der Waals surface area contributed by atoms with Gasteiger partial charge in [0.2, 0.25) is 5.91 Å². The highest BCUT2D eigenvalue weighted by Gasteiger charge is 2.26. The zero-order valence-electron chi connectivity index (χ0n) is 15.4. The summed E-state index contributed by atoms with van der Waals surface area (Å²) in [6, 6.07) is -0.398. The first-order chi connectivity index (χ1) is 12.0. The van der Waals surface area contributed by atoms with E-state index in [0.717, 1.165) is 47.9 Å². The van der Waals surface area contributed by atoms with Gasteiger partial charge < -0.3 is 15.5 Å². The van der Waals surface area contributed by atoms with E-state index in [0.29, 0.717) is 13.1 Å². The highest BCUT2D eigenvalue weighted by molar-refractivity contribution is 7.98. The largest absolute Gasteiger partial charge is 0.352 e. The van der Waals surface area contributed by atoms with Crippen LogP contribution in [0.2, 0.25) is 0 Å². The van der Waals surface area contributed by atoms with E-state index in [-0.39, 0.29) is 18.3 Å². The highest BCUT2D eigenvalue weighted by atomic mass is 35.5. The van der Waals surface area contributed by atoms with Crippen molar-refractivity contribution in [2.45, 2.75) is 19.4 Å². The lowest BCUT2D eigenvalue weighted by Crippen LogP contribution is -2.53. The van der Waals surface area contributed by atoms with Crippen molar-refractivity contribution in [3.63, 3.8) is 0 Å². The van der Waals surface area contributed by atoms with E-state index < -0.39 is 6.04 Å². The number of hydrogen-bond acceptors (Lipinski definition) is 7. The first-order valence-corrected chi connectivity index (χ1v) is 9.85. The molecule has 3 rings (SSSR count). The van der Waals surface area contributed by atoms with Crippen LogP contribution in [-0.2, 0) is 11.8 Å². The molecule has 0 saturated carbocycles. The van der Waals surface area contributed by atoms with Gasteiger partial charge in [0.1, 0.15) is 11.6 Å². The van der Waals surface area contributed by atoms with Gasteiger partial charge in [-0.3, -0.25) is 9.48 Å². The molecule has 0 aromatic carbocycles. The van der Waals surface area contributed by atoms with Crippen LogP contribution in [0.25, 0.3) is 11.0 Å². The number of carbonyl (C=O) groups is 1. The Bertz CT molecular complexity index is 760. The number of rotatable bonds is 5. The summed E-state index contributed by atoms with van der Waals surface area (Å²) < 4.78 is 1.76. The van der Waals surface area contributed by atoms with Gasteiger partial charge in [-0.25, -0.2) is 9.97 Å². The molecule has 1 aliphatic rings. The molecule has 2 aromatic heterocycles. The molecule has 0 unspecified atom stereocenters. The predicted molar refractivity (Wildman–Crippen MR) is 108 cm³/mol. The van der Waals surface area contributed by atoms with Gasteiger partial charge in [0, 0.05) is 33.2 Å². The van der Waals surface area contributed by atoms with Gasteiger partial charge in [-0.05, 0) is 25.4 Å². The first-order valence-electron chi connectivity index (χ1n) is 8.46. The second kappa shape index (κ2) is 8.88. The van der Waals surface area contributed by atoms with Crippen LogP contribution in [0, 0.1) is 6.92 Å². The second-order valence-electron chi connectivity index (χ2n) is 6.30. The number of carbonyl (C=O) groups excluding carboxylic acids is 1. The Morgan fingerprint density at radius 1 is 1.31 bits per heavy atom. The van der Waals surface area contributed by atoms with Crippen molar-refractivity contribution in [1.82, 2.24) is 24.6 Å². The first kappa shape index (κ1) is 20.7. The van der Waals surface area contributed by atoms with E-state index in [9.17, 15) is 4.79 Å². The molecule has 8 nitrogen and oxygen atoms in total. The van der Waals surface area contributed by atoms with E-state index >= 15 is 0 Å². The molecule has 0 spiro atoms. The summed E-state index contributed by atoms with van der Waals surface area (Å²) in [7, 11) is 1.88. The van der Waals surface area contributed by atoms with E-state index in [2.05, 4.69) is 20.0 Å². The molecule has 3 heterocycles. The minimum absolute atomic E-state index is 0. The van der Waals surface area contributed by atoms with Gasteiger partial charge in [-0.15, -0.1) is 12.4 Å². The minimum Gasteiger partial charge on any atom is -0.352 e. The molecule has 0 bridgehead atoms. The van der Waals surface area contributed by atoms with Crippen molar-refractivity contribution >= 4 is 46.9 Å². The standard InChI is InChI=1S/C16H25N7OS.ClH/c1-11-19-14-12(10-18-21(14)2)15(20-11)22-5-7-23(8-6-22)16(24)13(17)4-9-25-3;/h10,13H,4-9,17H2,1-3H3;1H/t13-;/m0./s1. The Kier molecular flexibility index (Phi) is 7.08. The zero-order chi connectivity index (χ0) is 18.0. The van der Waals surface area contributed by atoms with Crippen molar-refractivity contribution in [2.24, 2.45) is 12.8 Å². The molecule has 1 saturated heterocycles. The van der Waals surface area contributed by atoms with Gasteiger partial charge in [0.25, 0.3) is 0 Å². The number of amides is 1. The minimum atomic E-state index is -0.398. The van der Waals surface area contributed by atoms with Crippen molar-refractivity contribution in [3.8, 4) is 0 Å². The third-order valence-corrected chi connectivity index (χ3v) is 5.17. The molecule has 1 atom stereocenters. The number of anilines is 1. The molecular formula is C16H26ClN7OS. The highest BCUT2D eigenvalue weighted by Crippen LogP contribution is 2.24. The fourth-order valence-corrected chi connectivity index (χ4v) is 3.59. The van der Waals surface area contributed by atoms with Crippen molar-refractivity contribution in [3.05, 3.63) is 12.0 Å². The van der Waals surface area contributed by atoms with Crippen molar-refractivity contribution in [1.29, 1.82) is 0 Å². The zero-order valence-corrected chi connectivity index (χ0v) is 17.0. The predicted octanol–water partition coefficient (Wildman–Crippen LogP) is 0.823. The maximum atomic E-state index is 12.5. The number of piperazine rings is 1. The topological polar surface area (TPSA) is 93.2 Å². The quantitative estimate of drug-likeness (QED) is 0.795. The summed E-state index contributed by atoms with van der Waals surface area (Å²) >= 11 is 1.72. The monoisotopic (exact) mass is 399 g/mol. The van der Waals surface area contributed by atoms with Crippen LogP contribution in [0.15, 0.2) is 6.20 Å². The van der Waals surface area contributed by atoms with E-state index in [4.69, 9.17) is 5.73 Å². The van der Waals surface area contributed by atoms with Crippen molar-refractivity contribution < 1.29 is 4.79 Å². The molecule has 144 valence electrons. The van der Waals surface area contributed by atoms with Gasteiger partial charge in [0.05, 0.1) is 17.6 Å². The van der Waals surface area contributed by atoms with Crippen LogP contribution in [0.3, 0.4) is 0 Å². The SMILES string of the molecule is CSCC[C@H](N)C(=O)N1CCN(c2nc(C)nc3c2cnn3C)CC1.Cl. The number of halogens is 1.